The molecule has 0 spiro atoms. The number of hydrogen-bond acceptors (Lipinski definition) is 3. The zero-order valence-electron chi connectivity index (χ0n) is 11.3. The Kier molecular flexibility index (Phi) is 6.75. The van der Waals surface area contributed by atoms with Gasteiger partial charge in [-0.25, -0.2) is 0 Å². The number of carbonyl (C=O) groups is 1. The van der Waals surface area contributed by atoms with E-state index in [0.717, 1.165) is 45.2 Å². The number of aliphatic hydroxyl groups is 1. The van der Waals surface area contributed by atoms with Gasteiger partial charge in [-0.3, -0.25) is 4.79 Å². The van der Waals surface area contributed by atoms with Crippen LogP contribution in [0.3, 0.4) is 0 Å². The van der Waals surface area contributed by atoms with Crippen molar-refractivity contribution < 1.29 is 9.90 Å². The topological polar surface area (TPSA) is 40.5 Å². The van der Waals surface area contributed by atoms with Crippen molar-refractivity contribution in [1.29, 1.82) is 0 Å². The minimum atomic E-state index is 0.195. The van der Waals surface area contributed by atoms with Crippen molar-refractivity contribution in [2.45, 2.75) is 46.0 Å². The lowest BCUT2D eigenvalue weighted by molar-refractivity contribution is -0.126. The van der Waals surface area contributed by atoms with Gasteiger partial charge in [0.25, 0.3) is 0 Å². The zero-order valence-corrected chi connectivity index (χ0v) is 11.3. The number of nitrogens with zero attached hydrogens (tertiary/aromatic N) is 1. The van der Waals surface area contributed by atoms with E-state index in [4.69, 9.17) is 5.11 Å². The van der Waals surface area contributed by atoms with E-state index >= 15 is 0 Å². The van der Waals surface area contributed by atoms with Crippen LogP contribution in [0.25, 0.3) is 0 Å². The van der Waals surface area contributed by atoms with E-state index in [1.165, 1.54) is 0 Å². The smallest absolute Gasteiger partial charge is 0.137 e. The van der Waals surface area contributed by atoms with E-state index in [1.807, 2.05) is 0 Å². The van der Waals surface area contributed by atoms with Gasteiger partial charge in [-0.05, 0) is 31.7 Å². The first-order chi connectivity index (χ1) is 8.17. The molecule has 1 aliphatic carbocycles. The van der Waals surface area contributed by atoms with Gasteiger partial charge in [-0.1, -0.05) is 20.3 Å². The highest BCUT2D eigenvalue weighted by molar-refractivity contribution is 5.81. The minimum absolute atomic E-state index is 0.195. The molecule has 0 heterocycles. The van der Waals surface area contributed by atoms with Gasteiger partial charge in [0.1, 0.15) is 5.78 Å². The number of Topliss-reactive ketones (excluding diaryl/α,β-unsaturated/α-hetero) is 1. The van der Waals surface area contributed by atoms with Gasteiger partial charge in [0, 0.05) is 25.4 Å². The summed E-state index contributed by atoms with van der Waals surface area (Å²) in [5.74, 6) is 1.32. The van der Waals surface area contributed by atoms with E-state index in [1.54, 1.807) is 0 Å². The molecule has 1 saturated carbocycles. The van der Waals surface area contributed by atoms with Gasteiger partial charge in [0.15, 0.2) is 0 Å². The van der Waals surface area contributed by atoms with Crippen LogP contribution in [0.5, 0.6) is 0 Å². The van der Waals surface area contributed by atoms with Crippen LogP contribution in [0.1, 0.15) is 46.0 Å². The van der Waals surface area contributed by atoms with Crippen LogP contribution in [0.4, 0.5) is 0 Å². The highest BCUT2D eigenvalue weighted by Gasteiger charge is 2.27. The standard InChI is InChI=1S/C14H27NO2/c1-3-4-7-15(8-9-16)11-13-10-12(2)5-6-14(13)17/h12-13,16H,3-11H2,1-2H3. The molecule has 17 heavy (non-hydrogen) atoms. The fourth-order valence-electron chi connectivity index (χ4n) is 2.63. The second kappa shape index (κ2) is 7.83. The molecule has 2 atom stereocenters. The largest absolute Gasteiger partial charge is 0.395 e. The van der Waals surface area contributed by atoms with Crippen molar-refractivity contribution in [3.05, 3.63) is 0 Å². The minimum Gasteiger partial charge on any atom is -0.395 e. The Morgan fingerprint density at radius 3 is 2.82 bits per heavy atom. The van der Waals surface area contributed by atoms with Crippen LogP contribution in [0.2, 0.25) is 0 Å². The maximum Gasteiger partial charge on any atom is 0.137 e. The molecule has 2 unspecified atom stereocenters. The second-order valence-electron chi connectivity index (χ2n) is 5.42. The summed E-state index contributed by atoms with van der Waals surface area (Å²) < 4.78 is 0. The lowest BCUT2D eigenvalue weighted by atomic mass is 9.81. The zero-order chi connectivity index (χ0) is 12.7. The Morgan fingerprint density at radius 1 is 1.41 bits per heavy atom. The van der Waals surface area contributed by atoms with Crippen molar-refractivity contribution in [1.82, 2.24) is 4.90 Å². The van der Waals surface area contributed by atoms with Crippen molar-refractivity contribution >= 4 is 5.78 Å². The molecule has 1 N–H and O–H groups in total. The van der Waals surface area contributed by atoms with Crippen LogP contribution in [0, 0.1) is 11.8 Å². The normalized spacial score (nSPS) is 25.5. The molecule has 0 saturated heterocycles. The maximum atomic E-state index is 11.9. The quantitative estimate of drug-likeness (QED) is 0.742. The monoisotopic (exact) mass is 241 g/mol. The number of ketones is 1. The third kappa shape index (κ3) is 5.17. The van der Waals surface area contributed by atoms with E-state index in [2.05, 4.69) is 18.7 Å². The fourth-order valence-corrected chi connectivity index (χ4v) is 2.63. The summed E-state index contributed by atoms with van der Waals surface area (Å²) in [5, 5.41) is 9.06. The Morgan fingerprint density at radius 2 is 2.18 bits per heavy atom. The lowest BCUT2D eigenvalue weighted by Crippen LogP contribution is -2.38. The van der Waals surface area contributed by atoms with Crippen LogP contribution in [0.15, 0.2) is 0 Å². The Hall–Kier alpha value is -0.410. The van der Waals surface area contributed by atoms with E-state index in [0.29, 0.717) is 18.2 Å². The molecule has 0 bridgehead atoms. The molecule has 1 rings (SSSR count). The molecule has 3 nitrogen and oxygen atoms in total. The number of rotatable bonds is 7. The van der Waals surface area contributed by atoms with E-state index < -0.39 is 0 Å². The van der Waals surface area contributed by atoms with Crippen molar-refractivity contribution in [3.63, 3.8) is 0 Å². The van der Waals surface area contributed by atoms with E-state index in [9.17, 15) is 4.79 Å². The Labute approximate surface area is 105 Å². The summed E-state index contributed by atoms with van der Waals surface area (Å²) in [7, 11) is 0. The molecular weight excluding hydrogens is 214 g/mol. The molecule has 0 aromatic heterocycles. The van der Waals surface area contributed by atoms with Gasteiger partial charge in [-0.2, -0.15) is 0 Å². The average Bonchev–Trinajstić information content (AvgIpc) is 2.31. The average molecular weight is 241 g/mol. The van der Waals surface area contributed by atoms with Crippen LogP contribution >= 0.6 is 0 Å². The first-order valence-corrected chi connectivity index (χ1v) is 7.03. The molecule has 0 aliphatic heterocycles. The number of aliphatic hydroxyl groups excluding tert-OH is 1. The van der Waals surface area contributed by atoms with Gasteiger partial charge >= 0.3 is 0 Å². The Bertz CT molecular complexity index is 230. The number of unbranched alkanes of at least 4 members (excludes halogenated alkanes) is 1. The SMILES string of the molecule is CCCCN(CCO)CC1CC(C)CCC1=O. The fraction of sp³-hybridized carbons (Fsp3) is 0.929. The van der Waals surface area contributed by atoms with Crippen LogP contribution in [-0.2, 0) is 4.79 Å². The molecule has 1 fully saturated rings. The maximum absolute atomic E-state index is 11.9. The molecule has 100 valence electrons. The second-order valence-corrected chi connectivity index (χ2v) is 5.42. The molecule has 0 aromatic rings. The predicted octanol–water partition coefficient (Wildman–Crippen LogP) is 2.09. The summed E-state index contributed by atoms with van der Waals surface area (Å²) in [4.78, 5) is 14.1. The number of hydrogen-bond donors (Lipinski definition) is 1. The summed E-state index contributed by atoms with van der Waals surface area (Å²) in [6, 6.07) is 0. The Balaban J connectivity index is 2.43. The van der Waals surface area contributed by atoms with Crippen LogP contribution < -0.4 is 0 Å². The van der Waals surface area contributed by atoms with Crippen molar-refractivity contribution in [2.24, 2.45) is 11.8 Å². The predicted molar refractivity (Wildman–Crippen MR) is 69.9 cm³/mol. The number of carbonyl (C=O) groups excluding carboxylic acids is 1. The molecular formula is C14H27NO2. The molecule has 0 amide bonds. The summed E-state index contributed by atoms with van der Waals surface area (Å²) in [6.07, 6.45) is 5.16. The summed E-state index contributed by atoms with van der Waals surface area (Å²) in [6.45, 7) is 7.17. The first kappa shape index (κ1) is 14.7. The summed E-state index contributed by atoms with van der Waals surface area (Å²) in [5.41, 5.74) is 0. The van der Waals surface area contributed by atoms with Crippen LogP contribution in [-0.4, -0.2) is 42.0 Å². The highest BCUT2D eigenvalue weighted by Crippen LogP contribution is 2.26. The van der Waals surface area contributed by atoms with Crippen molar-refractivity contribution in [3.8, 4) is 0 Å². The van der Waals surface area contributed by atoms with Crippen molar-refractivity contribution in [2.75, 3.05) is 26.2 Å². The van der Waals surface area contributed by atoms with Gasteiger partial charge in [0.2, 0.25) is 0 Å². The molecule has 1 aliphatic rings. The summed E-state index contributed by atoms with van der Waals surface area (Å²) >= 11 is 0. The van der Waals surface area contributed by atoms with E-state index in [-0.39, 0.29) is 12.5 Å². The van der Waals surface area contributed by atoms with Gasteiger partial charge < -0.3 is 10.0 Å². The highest BCUT2D eigenvalue weighted by atomic mass is 16.3. The van der Waals surface area contributed by atoms with Gasteiger partial charge in [-0.15, -0.1) is 0 Å². The molecule has 3 heteroatoms. The first-order valence-electron chi connectivity index (χ1n) is 7.03. The lowest BCUT2D eigenvalue weighted by Gasteiger charge is -2.30. The molecule has 0 radical (unpaired) electrons. The van der Waals surface area contributed by atoms with Gasteiger partial charge in [0.05, 0.1) is 6.61 Å². The third-order valence-corrected chi connectivity index (χ3v) is 3.75. The third-order valence-electron chi connectivity index (χ3n) is 3.75. The molecule has 0 aromatic carbocycles.